The van der Waals surface area contributed by atoms with E-state index in [1.807, 2.05) is 23.1 Å². The zero-order valence-corrected chi connectivity index (χ0v) is 22.0. The zero-order valence-electron chi connectivity index (χ0n) is 21.3. The van der Waals surface area contributed by atoms with E-state index in [9.17, 15) is 31.1 Å². The van der Waals surface area contributed by atoms with Gasteiger partial charge in [0.1, 0.15) is 0 Å². The monoisotopic (exact) mass is 570 g/mol. The molecule has 13 heteroatoms. The standard InChI is InChI=1S/C25H33ClF6N4O2/c1-2-33-8-5-23(17-33)6-9-35(10-7-23)20-15-19(26)4-3-18(20)16-34-11-13-36(14-12-34)22(37)38-21(24(27,28)29)25(30,31)32/h3-4,15,21H,2,5-14,16-17H2,1H3. The van der Waals surface area contributed by atoms with Crippen molar-refractivity contribution in [2.24, 2.45) is 5.41 Å². The van der Waals surface area contributed by atoms with Crippen LogP contribution in [0.1, 0.15) is 31.7 Å². The number of piperidine rings is 1. The Labute approximate surface area is 223 Å². The Morgan fingerprint density at radius 2 is 1.55 bits per heavy atom. The molecule has 0 radical (unpaired) electrons. The molecule has 1 aromatic carbocycles. The van der Waals surface area contributed by atoms with E-state index in [0.29, 0.717) is 17.0 Å². The molecule has 3 aliphatic rings. The molecular weight excluding hydrogens is 538 g/mol. The molecule has 3 heterocycles. The van der Waals surface area contributed by atoms with Gasteiger partial charge < -0.3 is 19.4 Å². The first kappa shape index (κ1) is 29.1. The predicted octanol–water partition coefficient (Wildman–Crippen LogP) is 5.40. The van der Waals surface area contributed by atoms with Crippen LogP contribution in [0.5, 0.6) is 0 Å². The molecule has 3 aliphatic heterocycles. The van der Waals surface area contributed by atoms with Crippen LogP contribution < -0.4 is 4.90 Å². The molecule has 6 nitrogen and oxygen atoms in total. The van der Waals surface area contributed by atoms with Crippen molar-refractivity contribution in [2.75, 3.05) is 63.8 Å². The fourth-order valence-electron chi connectivity index (χ4n) is 5.72. The summed E-state index contributed by atoms with van der Waals surface area (Å²) >= 11 is 6.33. The minimum absolute atomic E-state index is 0.0373. The largest absolute Gasteiger partial charge is 0.434 e. The van der Waals surface area contributed by atoms with Crippen molar-refractivity contribution in [3.05, 3.63) is 28.8 Å². The van der Waals surface area contributed by atoms with Crippen molar-refractivity contribution in [2.45, 2.75) is 51.2 Å². The summed E-state index contributed by atoms with van der Waals surface area (Å²) < 4.78 is 80.3. The molecule has 0 unspecified atom stereocenters. The van der Waals surface area contributed by atoms with E-state index in [2.05, 4.69) is 21.5 Å². The second-order valence-corrected chi connectivity index (χ2v) is 10.9. The number of benzene rings is 1. The molecule has 38 heavy (non-hydrogen) atoms. The fourth-order valence-corrected chi connectivity index (χ4v) is 5.88. The lowest BCUT2D eigenvalue weighted by Gasteiger charge is -2.41. The Bertz CT molecular complexity index is 962. The zero-order chi connectivity index (χ0) is 27.7. The molecule has 0 atom stereocenters. The Hall–Kier alpha value is -1.92. The number of hydrogen-bond acceptors (Lipinski definition) is 5. The summed E-state index contributed by atoms with van der Waals surface area (Å²) in [5, 5.41) is 0.624. The van der Waals surface area contributed by atoms with Crippen molar-refractivity contribution in [1.29, 1.82) is 0 Å². The quantitative estimate of drug-likeness (QED) is 0.444. The highest BCUT2D eigenvalue weighted by Crippen LogP contribution is 2.42. The average molecular weight is 571 g/mol. The van der Waals surface area contributed by atoms with E-state index in [1.165, 1.54) is 6.42 Å². The van der Waals surface area contributed by atoms with Gasteiger partial charge in [-0.2, -0.15) is 26.3 Å². The van der Waals surface area contributed by atoms with Crippen LogP contribution in [0.4, 0.5) is 36.8 Å². The van der Waals surface area contributed by atoms with Gasteiger partial charge in [-0.1, -0.05) is 24.6 Å². The van der Waals surface area contributed by atoms with Crippen molar-refractivity contribution in [3.63, 3.8) is 0 Å². The maximum atomic E-state index is 12.7. The number of amides is 1. The van der Waals surface area contributed by atoms with E-state index >= 15 is 0 Å². The summed E-state index contributed by atoms with van der Waals surface area (Å²) in [4.78, 5) is 19.8. The molecule has 1 aromatic rings. The molecule has 0 aromatic heterocycles. The number of piperazine rings is 1. The van der Waals surface area contributed by atoms with Gasteiger partial charge >= 0.3 is 18.4 Å². The van der Waals surface area contributed by atoms with Crippen LogP contribution in [0.2, 0.25) is 5.02 Å². The smallest absolute Gasteiger partial charge is 0.426 e. The summed E-state index contributed by atoms with van der Waals surface area (Å²) in [6.45, 7) is 8.41. The first-order chi connectivity index (χ1) is 17.8. The highest BCUT2D eigenvalue weighted by molar-refractivity contribution is 6.30. The topological polar surface area (TPSA) is 39.3 Å². The lowest BCUT2D eigenvalue weighted by molar-refractivity contribution is -0.308. The van der Waals surface area contributed by atoms with Crippen LogP contribution >= 0.6 is 11.6 Å². The van der Waals surface area contributed by atoms with Crippen molar-refractivity contribution >= 4 is 23.4 Å². The van der Waals surface area contributed by atoms with Crippen molar-refractivity contribution in [1.82, 2.24) is 14.7 Å². The van der Waals surface area contributed by atoms with Gasteiger partial charge in [-0.05, 0) is 55.5 Å². The number of alkyl halides is 6. The Balaban J connectivity index is 1.34. The van der Waals surface area contributed by atoms with E-state index in [-0.39, 0.29) is 26.2 Å². The van der Waals surface area contributed by atoms with E-state index in [4.69, 9.17) is 11.6 Å². The number of halogens is 7. The van der Waals surface area contributed by atoms with Crippen LogP contribution in [0, 0.1) is 5.41 Å². The molecule has 1 amide bonds. The van der Waals surface area contributed by atoms with Gasteiger partial charge in [-0.25, -0.2) is 4.79 Å². The molecule has 3 saturated heterocycles. The number of carbonyl (C=O) groups is 1. The first-order valence-electron chi connectivity index (χ1n) is 12.9. The van der Waals surface area contributed by atoms with Gasteiger partial charge in [0, 0.05) is 63.1 Å². The number of likely N-dealkylation sites (tertiary alicyclic amines) is 1. The van der Waals surface area contributed by atoms with Crippen LogP contribution in [0.15, 0.2) is 18.2 Å². The molecule has 0 aliphatic carbocycles. The maximum absolute atomic E-state index is 12.7. The van der Waals surface area contributed by atoms with Gasteiger partial charge in [-0.3, -0.25) is 4.90 Å². The van der Waals surface area contributed by atoms with Gasteiger partial charge in [0.15, 0.2) is 0 Å². The summed E-state index contributed by atoms with van der Waals surface area (Å²) in [6.07, 6.45) is -13.8. The van der Waals surface area contributed by atoms with Gasteiger partial charge in [0.25, 0.3) is 6.10 Å². The van der Waals surface area contributed by atoms with Crippen LogP contribution in [0.3, 0.4) is 0 Å². The predicted molar refractivity (Wildman–Crippen MR) is 131 cm³/mol. The van der Waals surface area contributed by atoms with Crippen LogP contribution in [-0.4, -0.2) is 98.2 Å². The summed E-state index contributed by atoms with van der Waals surface area (Å²) in [5.41, 5.74) is 2.45. The summed E-state index contributed by atoms with van der Waals surface area (Å²) in [5.74, 6) is 0. The average Bonchev–Trinajstić information content (AvgIpc) is 3.25. The summed E-state index contributed by atoms with van der Waals surface area (Å²) in [6, 6.07) is 5.71. The SMILES string of the molecule is CCN1CCC2(CCN(c3cc(Cl)ccc3CN3CCN(C(=O)OC(C(F)(F)F)C(F)(F)F)CC3)CC2)C1. The molecule has 0 N–H and O–H groups in total. The van der Waals surface area contributed by atoms with Crippen LogP contribution in [-0.2, 0) is 11.3 Å². The Morgan fingerprint density at radius 1 is 0.947 bits per heavy atom. The number of nitrogens with zero attached hydrogens (tertiary/aromatic N) is 4. The highest BCUT2D eigenvalue weighted by Gasteiger charge is 2.60. The molecule has 1 spiro atoms. The number of hydrogen-bond donors (Lipinski definition) is 0. The maximum Gasteiger partial charge on any atom is 0.434 e. The van der Waals surface area contributed by atoms with Gasteiger partial charge in [-0.15, -0.1) is 0 Å². The van der Waals surface area contributed by atoms with E-state index in [0.717, 1.165) is 61.7 Å². The van der Waals surface area contributed by atoms with Crippen LogP contribution in [0.25, 0.3) is 0 Å². The van der Waals surface area contributed by atoms with E-state index in [1.54, 1.807) is 0 Å². The minimum Gasteiger partial charge on any atom is -0.426 e. The van der Waals surface area contributed by atoms with Gasteiger partial charge in [0.2, 0.25) is 0 Å². The minimum atomic E-state index is -5.73. The normalized spacial score (nSPS) is 21.5. The van der Waals surface area contributed by atoms with Crippen molar-refractivity contribution in [3.8, 4) is 0 Å². The highest BCUT2D eigenvalue weighted by atomic mass is 35.5. The van der Waals surface area contributed by atoms with Crippen molar-refractivity contribution < 1.29 is 35.9 Å². The fraction of sp³-hybridized carbons (Fsp3) is 0.720. The Kier molecular flexibility index (Phi) is 8.64. The molecule has 0 saturated carbocycles. The van der Waals surface area contributed by atoms with E-state index < -0.39 is 24.5 Å². The molecule has 3 fully saturated rings. The molecule has 4 rings (SSSR count). The molecule has 0 bridgehead atoms. The lowest BCUT2D eigenvalue weighted by Crippen LogP contribution is -2.52. The molecular formula is C25H33ClF6N4O2. The first-order valence-corrected chi connectivity index (χ1v) is 13.2. The third kappa shape index (κ3) is 6.80. The second-order valence-electron chi connectivity index (χ2n) is 10.5. The number of carbonyl (C=O) groups excluding carboxylic acids is 1. The number of rotatable bonds is 5. The lowest BCUT2D eigenvalue weighted by atomic mass is 9.77. The summed E-state index contributed by atoms with van der Waals surface area (Å²) in [7, 11) is 0. The Morgan fingerprint density at radius 3 is 2.11 bits per heavy atom. The second kappa shape index (κ2) is 11.3. The number of anilines is 1. The third-order valence-corrected chi connectivity index (χ3v) is 8.25. The molecule has 214 valence electrons. The number of ether oxygens (including phenoxy) is 1. The third-order valence-electron chi connectivity index (χ3n) is 8.01. The van der Waals surface area contributed by atoms with Gasteiger partial charge in [0.05, 0.1) is 0 Å².